The molecule has 2 atom stereocenters. The average molecular weight is 293 g/mol. The molecule has 1 aliphatic rings. The predicted octanol–water partition coefficient (Wildman–Crippen LogP) is 2.55. The Morgan fingerprint density at radius 3 is 2.57 bits per heavy atom. The second kappa shape index (κ2) is 7.43. The van der Waals surface area contributed by atoms with Crippen molar-refractivity contribution in [3.63, 3.8) is 0 Å². The number of hydrogen-bond acceptors (Lipinski definition) is 4. The minimum Gasteiger partial charge on any atom is -0.468 e. The second-order valence-corrected chi connectivity index (χ2v) is 7.00. The molecular formula is C17H31N3O. The number of likely N-dealkylation sites (N-methyl/N-ethyl adjacent to an activating group) is 1. The lowest BCUT2D eigenvalue weighted by Gasteiger charge is -2.42. The molecular weight excluding hydrogens is 262 g/mol. The first-order valence-corrected chi connectivity index (χ1v) is 8.17. The van der Waals surface area contributed by atoms with Crippen LogP contribution in [0.1, 0.15) is 39.0 Å². The van der Waals surface area contributed by atoms with E-state index in [1.165, 1.54) is 5.56 Å². The highest BCUT2D eigenvalue weighted by molar-refractivity contribution is 5.12. The van der Waals surface area contributed by atoms with E-state index < -0.39 is 0 Å². The highest BCUT2D eigenvalue weighted by Gasteiger charge is 2.26. The minimum absolute atomic E-state index is 0.607. The van der Waals surface area contributed by atoms with Gasteiger partial charge >= 0.3 is 0 Å². The number of nitrogens with one attached hydrogen (secondary N) is 1. The highest BCUT2D eigenvalue weighted by Crippen LogP contribution is 2.17. The zero-order valence-electron chi connectivity index (χ0n) is 14.2. The summed E-state index contributed by atoms with van der Waals surface area (Å²) in [6.07, 6.45) is 1.89. The van der Waals surface area contributed by atoms with Crippen molar-refractivity contribution in [3.05, 3.63) is 23.7 Å². The average Bonchev–Trinajstić information content (AvgIpc) is 2.83. The zero-order valence-corrected chi connectivity index (χ0v) is 14.2. The lowest BCUT2D eigenvalue weighted by atomic mass is 10.1. The summed E-state index contributed by atoms with van der Waals surface area (Å²) in [6.45, 7) is 14.1. The topological polar surface area (TPSA) is 31.7 Å². The van der Waals surface area contributed by atoms with Crippen LogP contribution < -0.4 is 5.32 Å². The fourth-order valence-corrected chi connectivity index (χ4v) is 2.97. The van der Waals surface area contributed by atoms with Crippen LogP contribution in [0.4, 0.5) is 0 Å². The van der Waals surface area contributed by atoms with Crippen molar-refractivity contribution in [1.29, 1.82) is 0 Å². The molecule has 1 saturated heterocycles. The minimum atomic E-state index is 0.607. The number of nitrogens with zero attached hydrogens (tertiary/aromatic N) is 2. The van der Waals surface area contributed by atoms with Crippen LogP contribution in [-0.4, -0.2) is 48.6 Å². The van der Waals surface area contributed by atoms with Gasteiger partial charge in [-0.15, -0.1) is 0 Å². The Balaban J connectivity index is 1.82. The normalized spacial score (nSPS) is 24.9. The van der Waals surface area contributed by atoms with Crippen LogP contribution in [0.15, 0.2) is 16.7 Å². The number of rotatable bonds is 6. The maximum Gasteiger partial charge on any atom is 0.118 e. The molecule has 1 N–H and O–H groups in total. The fraction of sp³-hybridized carbons (Fsp3) is 0.765. The van der Waals surface area contributed by atoms with E-state index >= 15 is 0 Å². The third kappa shape index (κ3) is 4.83. The summed E-state index contributed by atoms with van der Waals surface area (Å²) in [5.41, 5.74) is 1.25. The van der Waals surface area contributed by atoms with Gasteiger partial charge in [-0.2, -0.15) is 0 Å². The molecule has 2 heterocycles. The largest absolute Gasteiger partial charge is 0.468 e. The van der Waals surface area contributed by atoms with Crippen molar-refractivity contribution >= 4 is 0 Å². The first kappa shape index (κ1) is 16.5. The fourth-order valence-electron chi connectivity index (χ4n) is 2.97. The summed E-state index contributed by atoms with van der Waals surface area (Å²) in [5, 5.41) is 3.46. The molecule has 120 valence electrons. The van der Waals surface area contributed by atoms with E-state index in [1.54, 1.807) is 0 Å². The molecule has 4 heteroatoms. The molecule has 1 aromatic heterocycles. The standard InChI is InChI=1S/C17H31N3O/c1-13(2)7-18-8-16-6-17(21-12-16)11-20-9-14(3)19(5)15(4)10-20/h6,12-15,18H,7-11H2,1-5H3. The Morgan fingerprint density at radius 1 is 1.29 bits per heavy atom. The van der Waals surface area contributed by atoms with Gasteiger partial charge in [0.2, 0.25) is 0 Å². The van der Waals surface area contributed by atoms with Crippen molar-refractivity contribution < 1.29 is 4.42 Å². The molecule has 2 rings (SSSR count). The van der Waals surface area contributed by atoms with Gasteiger partial charge in [0, 0.05) is 37.3 Å². The van der Waals surface area contributed by atoms with Crippen LogP contribution in [0.5, 0.6) is 0 Å². The van der Waals surface area contributed by atoms with Crippen LogP contribution >= 0.6 is 0 Å². The lowest BCUT2D eigenvalue weighted by molar-refractivity contribution is 0.0518. The van der Waals surface area contributed by atoms with E-state index in [9.17, 15) is 0 Å². The van der Waals surface area contributed by atoms with Gasteiger partial charge in [-0.25, -0.2) is 0 Å². The smallest absolute Gasteiger partial charge is 0.118 e. The molecule has 0 aliphatic carbocycles. The van der Waals surface area contributed by atoms with Crippen molar-refractivity contribution in [2.75, 3.05) is 26.7 Å². The summed E-state index contributed by atoms with van der Waals surface area (Å²) in [4.78, 5) is 4.96. The Hall–Kier alpha value is -0.840. The van der Waals surface area contributed by atoms with Crippen LogP contribution in [0, 0.1) is 5.92 Å². The van der Waals surface area contributed by atoms with Crippen LogP contribution in [0.2, 0.25) is 0 Å². The molecule has 0 saturated carbocycles. The molecule has 0 aromatic carbocycles. The van der Waals surface area contributed by atoms with Crippen molar-refractivity contribution in [1.82, 2.24) is 15.1 Å². The SMILES string of the molecule is CC(C)CNCc1coc(CN2CC(C)N(C)C(C)C2)c1. The monoisotopic (exact) mass is 293 g/mol. The zero-order chi connectivity index (χ0) is 15.4. The van der Waals surface area contributed by atoms with E-state index in [4.69, 9.17) is 4.42 Å². The van der Waals surface area contributed by atoms with Crippen LogP contribution in [0.25, 0.3) is 0 Å². The maximum absolute atomic E-state index is 5.73. The number of furan rings is 1. The molecule has 1 aliphatic heterocycles. The lowest BCUT2D eigenvalue weighted by Crippen LogP contribution is -2.54. The Bertz CT molecular complexity index is 417. The van der Waals surface area contributed by atoms with E-state index in [0.29, 0.717) is 18.0 Å². The molecule has 4 nitrogen and oxygen atoms in total. The molecule has 1 aromatic rings. The summed E-state index contributed by atoms with van der Waals surface area (Å²) in [6, 6.07) is 3.41. The molecule has 1 fully saturated rings. The molecule has 0 spiro atoms. The number of hydrogen-bond donors (Lipinski definition) is 1. The van der Waals surface area contributed by atoms with Crippen LogP contribution in [-0.2, 0) is 13.1 Å². The van der Waals surface area contributed by atoms with Gasteiger partial charge in [-0.1, -0.05) is 13.8 Å². The predicted molar refractivity (Wildman–Crippen MR) is 87.2 cm³/mol. The number of piperazine rings is 1. The summed E-state index contributed by atoms with van der Waals surface area (Å²) in [5.74, 6) is 1.77. The maximum atomic E-state index is 5.73. The van der Waals surface area contributed by atoms with Crippen molar-refractivity contribution in [2.24, 2.45) is 5.92 Å². The highest BCUT2D eigenvalue weighted by atomic mass is 16.3. The van der Waals surface area contributed by atoms with Gasteiger partial charge in [0.25, 0.3) is 0 Å². The van der Waals surface area contributed by atoms with E-state index in [1.807, 2.05) is 6.26 Å². The third-order valence-electron chi connectivity index (χ3n) is 4.40. The Morgan fingerprint density at radius 2 is 1.95 bits per heavy atom. The van der Waals surface area contributed by atoms with Crippen molar-refractivity contribution in [2.45, 2.75) is 52.9 Å². The van der Waals surface area contributed by atoms with Gasteiger partial charge in [0.05, 0.1) is 12.8 Å². The summed E-state index contributed by atoms with van der Waals surface area (Å²) in [7, 11) is 2.22. The van der Waals surface area contributed by atoms with Crippen molar-refractivity contribution in [3.8, 4) is 0 Å². The first-order chi connectivity index (χ1) is 9.95. The van der Waals surface area contributed by atoms with Gasteiger partial charge in [-0.3, -0.25) is 9.80 Å². The first-order valence-electron chi connectivity index (χ1n) is 8.17. The summed E-state index contributed by atoms with van der Waals surface area (Å²) >= 11 is 0. The molecule has 0 bridgehead atoms. The van der Waals surface area contributed by atoms with Gasteiger partial charge < -0.3 is 9.73 Å². The van der Waals surface area contributed by atoms with Gasteiger partial charge in [0.1, 0.15) is 5.76 Å². The molecule has 2 unspecified atom stereocenters. The van der Waals surface area contributed by atoms with Crippen LogP contribution in [0.3, 0.4) is 0 Å². The Kier molecular flexibility index (Phi) is 5.85. The molecule has 0 radical (unpaired) electrons. The molecule has 21 heavy (non-hydrogen) atoms. The van der Waals surface area contributed by atoms with Gasteiger partial charge in [0.15, 0.2) is 0 Å². The Labute approximate surface area is 129 Å². The third-order valence-corrected chi connectivity index (χ3v) is 4.40. The van der Waals surface area contributed by atoms with E-state index in [0.717, 1.165) is 38.5 Å². The summed E-state index contributed by atoms with van der Waals surface area (Å²) < 4.78 is 5.73. The second-order valence-electron chi connectivity index (χ2n) is 7.00. The van der Waals surface area contributed by atoms with Gasteiger partial charge in [-0.05, 0) is 39.4 Å². The molecule has 0 amide bonds. The van der Waals surface area contributed by atoms with E-state index in [2.05, 4.69) is 55.9 Å². The van der Waals surface area contributed by atoms with E-state index in [-0.39, 0.29) is 0 Å². The quantitative estimate of drug-likeness (QED) is 0.873.